The number of fused-ring (bicyclic) bond motifs is 1. The number of benzene rings is 4. The van der Waals surface area contributed by atoms with Gasteiger partial charge in [0.25, 0.3) is 0 Å². The average molecular weight is 604 g/mol. The molecule has 0 amide bonds. The normalized spacial score (nSPS) is 14.3. The fraction of sp³-hybridized carbons (Fsp3) is 0.311. The summed E-state index contributed by atoms with van der Waals surface area (Å²) >= 11 is 0. The first kappa shape index (κ1) is 31.7. The molecule has 234 valence electrons. The molecule has 1 heterocycles. The molecule has 0 saturated heterocycles. The highest BCUT2D eigenvalue weighted by Gasteiger charge is 2.18. The number of rotatable bonds is 4. The molecule has 0 aliphatic heterocycles. The summed E-state index contributed by atoms with van der Waals surface area (Å²) in [6.45, 7) is 20.4. The van der Waals surface area contributed by atoms with Gasteiger partial charge in [0, 0.05) is 5.39 Å². The number of allylic oxidation sites excluding steroid dienone is 4. The molecule has 0 radical (unpaired) electrons. The van der Waals surface area contributed by atoms with Gasteiger partial charge in [0.1, 0.15) is 0 Å². The van der Waals surface area contributed by atoms with Crippen molar-refractivity contribution in [1.29, 1.82) is 0 Å². The lowest BCUT2D eigenvalue weighted by Gasteiger charge is -2.21. The Bertz CT molecular complexity index is 1870. The summed E-state index contributed by atoms with van der Waals surface area (Å²) in [6.07, 6.45) is 6.74. The van der Waals surface area contributed by atoms with Crippen LogP contribution in [-0.4, -0.2) is 4.98 Å². The van der Waals surface area contributed by atoms with Crippen LogP contribution >= 0.6 is 0 Å². The Kier molecular flexibility index (Phi) is 8.18. The minimum absolute atomic E-state index is 0.118. The lowest BCUT2D eigenvalue weighted by atomic mass is 9.84. The fourth-order valence-corrected chi connectivity index (χ4v) is 6.33. The number of hydrogen-bond donors (Lipinski definition) is 0. The second-order valence-corrected chi connectivity index (χ2v) is 16.2. The van der Waals surface area contributed by atoms with E-state index >= 15 is 0 Å². The van der Waals surface area contributed by atoms with E-state index in [4.69, 9.17) is 4.98 Å². The van der Waals surface area contributed by atoms with Crippen LogP contribution in [0.1, 0.15) is 103 Å². The number of aromatic nitrogens is 1. The van der Waals surface area contributed by atoms with Gasteiger partial charge >= 0.3 is 0 Å². The maximum Gasteiger partial charge on any atom is 0.0709 e. The summed E-state index contributed by atoms with van der Waals surface area (Å²) in [4.78, 5) is 5.12. The van der Waals surface area contributed by atoms with Crippen molar-refractivity contribution in [2.24, 2.45) is 0 Å². The van der Waals surface area contributed by atoms with Crippen molar-refractivity contribution in [1.82, 2.24) is 4.98 Å². The summed E-state index contributed by atoms with van der Waals surface area (Å²) in [5, 5.41) is 1.20. The molecule has 6 rings (SSSR count). The third-order valence-corrected chi connectivity index (χ3v) is 9.43. The molecule has 0 atom stereocenters. The Morgan fingerprint density at radius 2 is 0.978 bits per heavy atom. The van der Waals surface area contributed by atoms with E-state index in [-0.39, 0.29) is 16.2 Å². The van der Waals surface area contributed by atoms with Crippen molar-refractivity contribution in [2.45, 2.75) is 91.4 Å². The minimum atomic E-state index is 0.118. The van der Waals surface area contributed by atoms with Gasteiger partial charge in [-0.15, -0.1) is 0 Å². The molecule has 0 saturated carbocycles. The van der Waals surface area contributed by atoms with Crippen LogP contribution in [0, 0.1) is 0 Å². The molecule has 1 aromatic heterocycles. The van der Waals surface area contributed by atoms with E-state index in [1.165, 1.54) is 61.0 Å². The van der Waals surface area contributed by atoms with E-state index in [1.807, 2.05) is 0 Å². The van der Waals surface area contributed by atoms with Crippen LogP contribution < -0.4 is 0 Å². The smallest absolute Gasteiger partial charge is 0.0709 e. The van der Waals surface area contributed by atoms with E-state index in [2.05, 4.69) is 172 Å². The molecular weight excluding hydrogens is 555 g/mol. The number of nitrogens with zero attached hydrogens (tertiary/aromatic N) is 1. The molecule has 1 heteroatoms. The van der Waals surface area contributed by atoms with Crippen LogP contribution in [0.4, 0.5) is 0 Å². The quantitative estimate of drug-likeness (QED) is 0.199. The zero-order valence-corrected chi connectivity index (χ0v) is 29.3. The zero-order chi connectivity index (χ0) is 32.9. The topological polar surface area (TPSA) is 12.9 Å². The average Bonchev–Trinajstić information content (AvgIpc) is 3.03. The molecule has 0 unspecified atom stereocenters. The summed E-state index contributed by atoms with van der Waals surface area (Å²) in [5.41, 5.74) is 15.4. The van der Waals surface area contributed by atoms with Gasteiger partial charge in [0.15, 0.2) is 0 Å². The molecule has 1 aliphatic carbocycles. The Labute approximate surface area is 277 Å². The van der Waals surface area contributed by atoms with Crippen molar-refractivity contribution in [3.05, 3.63) is 137 Å². The molecule has 0 spiro atoms. The first-order valence-corrected chi connectivity index (χ1v) is 16.8. The molecular formula is C45H49N. The van der Waals surface area contributed by atoms with Crippen molar-refractivity contribution in [3.8, 4) is 22.3 Å². The van der Waals surface area contributed by atoms with E-state index < -0.39 is 0 Å². The Balaban J connectivity index is 1.41. The van der Waals surface area contributed by atoms with Crippen molar-refractivity contribution in [2.75, 3.05) is 0 Å². The fourth-order valence-electron chi connectivity index (χ4n) is 6.33. The zero-order valence-electron chi connectivity index (χ0n) is 29.3. The molecule has 1 aliphatic rings. The second-order valence-electron chi connectivity index (χ2n) is 16.2. The van der Waals surface area contributed by atoms with E-state index in [1.54, 1.807) is 0 Å². The summed E-state index contributed by atoms with van der Waals surface area (Å²) < 4.78 is 0. The highest BCUT2D eigenvalue weighted by Crippen LogP contribution is 2.37. The number of pyridine rings is 1. The first-order valence-electron chi connectivity index (χ1n) is 16.8. The van der Waals surface area contributed by atoms with Gasteiger partial charge in [-0.1, -0.05) is 129 Å². The van der Waals surface area contributed by atoms with Crippen molar-refractivity contribution in [3.63, 3.8) is 0 Å². The second kappa shape index (κ2) is 11.8. The predicted octanol–water partition coefficient (Wildman–Crippen LogP) is 12.7. The Morgan fingerprint density at radius 3 is 1.50 bits per heavy atom. The molecule has 46 heavy (non-hydrogen) atoms. The van der Waals surface area contributed by atoms with Crippen LogP contribution in [0.25, 0.3) is 44.3 Å². The lowest BCUT2D eigenvalue weighted by Crippen LogP contribution is -2.10. The van der Waals surface area contributed by atoms with Gasteiger partial charge in [-0.2, -0.15) is 0 Å². The summed E-state index contributed by atoms with van der Waals surface area (Å²) in [5.74, 6) is 0. The monoisotopic (exact) mass is 603 g/mol. The van der Waals surface area contributed by atoms with Gasteiger partial charge in [-0.3, -0.25) is 0 Å². The maximum absolute atomic E-state index is 5.12. The van der Waals surface area contributed by atoms with Gasteiger partial charge in [-0.25, -0.2) is 4.98 Å². The van der Waals surface area contributed by atoms with E-state index in [0.717, 1.165) is 24.1 Å². The lowest BCUT2D eigenvalue weighted by molar-refractivity contribution is 0.590. The van der Waals surface area contributed by atoms with Gasteiger partial charge in [0.2, 0.25) is 0 Å². The van der Waals surface area contributed by atoms with E-state index in [0.29, 0.717) is 0 Å². The van der Waals surface area contributed by atoms with Crippen molar-refractivity contribution >= 4 is 22.0 Å². The molecule has 4 aromatic carbocycles. The Morgan fingerprint density at radius 1 is 0.478 bits per heavy atom. The molecule has 5 aromatic rings. The van der Waals surface area contributed by atoms with Crippen LogP contribution in [0.5, 0.6) is 0 Å². The molecule has 0 N–H and O–H groups in total. The highest BCUT2D eigenvalue weighted by molar-refractivity contribution is 5.90. The number of hydrogen-bond acceptors (Lipinski definition) is 1. The predicted molar refractivity (Wildman–Crippen MR) is 200 cm³/mol. The van der Waals surface area contributed by atoms with E-state index in [9.17, 15) is 0 Å². The van der Waals surface area contributed by atoms with Crippen LogP contribution in [0.3, 0.4) is 0 Å². The summed E-state index contributed by atoms with van der Waals surface area (Å²) in [6, 6.07) is 36.6. The molecule has 1 nitrogen and oxygen atoms in total. The minimum Gasteiger partial charge on any atom is -0.248 e. The first-order chi connectivity index (χ1) is 21.6. The highest BCUT2D eigenvalue weighted by atomic mass is 14.7. The van der Waals surface area contributed by atoms with Crippen LogP contribution in [0.15, 0.2) is 109 Å². The van der Waals surface area contributed by atoms with Crippen molar-refractivity contribution < 1.29 is 0 Å². The van der Waals surface area contributed by atoms with Gasteiger partial charge < -0.3 is 0 Å². The SMILES string of the molecule is CC(C)(C)c1ccc(-c2cc(C3=CC(c4ccc5cc(C(C)(C)C)ccc5n4)=CCC3)cc(-c3ccc(C(C)(C)C)cc3)c2)cc1. The summed E-state index contributed by atoms with van der Waals surface area (Å²) in [7, 11) is 0. The molecule has 0 fully saturated rings. The van der Waals surface area contributed by atoms with Crippen LogP contribution in [0.2, 0.25) is 0 Å². The van der Waals surface area contributed by atoms with Crippen LogP contribution in [-0.2, 0) is 16.2 Å². The third-order valence-electron chi connectivity index (χ3n) is 9.43. The standard InChI is InChI=1S/C45H49N/c1-43(2,3)38-18-13-30(14-19-38)35-26-36(31-15-20-39(21-16-31)44(4,5)6)28-37(27-35)32-11-10-12-33(25-32)41-23-17-34-29-40(45(7,8)9)22-24-42(34)46-41/h12-29H,10-11H2,1-9H3. The van der Waals surface area contributed by atoms with Gasteiger partial charge in [0.05, 0.1) is 11.2 Å². The van der Waals surface area contributed by atoms with Gasteiger partial charge in [-0.05, 0) is 127 Å². The largest absolute Gasteiger partial charge is 0.248 e. The Hall–Kier alpha value is -4.23. The third kappa shape index (κ3) is 6.80. The maximum atomic E-state index is 5.12. The molecule has 0 bridgehead atoms.